The lowest BCUT2D eigenvalue weighted by Crippen LogP contribution is -2.18. The lowest BCUT2D eigenvalue weighted by atomic mass is 10.2. The summed E-state index contributed by atoms with van der Waals surface area (Å²) >= 11 is 0. The predicted octanol–water partition coefficient (Wildman–Crippen LogP) is 5.62. The van der Waals surface area contributed by atoms with E-state index in [1.54, 1.807) is 12.4 Å². The summed E-state index contributed by atoms with van der Waals surface area (Å²) in [6.45, 7) is 5.72. The number of nitrogens with one attached hydrogen (secondary N) is 1. The van der Waals surface area contributed by atoms with Crippen LogP contribution in [0.5, 0.6) is 0 Å². The molecule has 5 heteroatoms. The summed E-state index contributed by atoms with van der Waals surface area (Å²) in [6, 6.07) is 24.6. The maximum atomic E-state index is 4.90. The Kier molecular flexibility index (Phi) is 5.99. The van der Waals surface area contributed by atoms with Crippen molar-refractivity contribution in [3.8, 4) is 11.4 Å². The Morgan fingerprint density at radius 2 is 1.67 bits per heavy atom. The van der Waals surface area contributed by atoms with Crippen LogP contribution < -0.4 is 10.2 Å². The van der Waals surface area contributed by atoms with Crippen LogP contribution in [0.3, 0.4) is 0 Å². The Morgan fingerprint density at radius 1 is 0.867 bits per heavy atom. The van der Waals surface area contributed by atoms with Crippen LogP contribution in [0.25, 0.3) is 11.4 Å². The molecule has 2 aromatic heterocycles. The zero-order valence-electron chi connectivity index (χ0n) is 17.3. The van der Waals surface area contributed by atoms with Crippen molar-refractivity contribution in [1.82, 2.24) is 15.0 Å². The molecule has 0 atom stereocenters. The lowest BCUT2D eigenvalue weighted by molar-refractivity contribution is 0.974. The molecule has 0 fully saturated rings. The highest BCUT2D eigenvalue weighted by molar-refractivity contribution is 5.67. The standard InChI is InChI=1S/C25H25N5/c1-3-30(22-11-7-8-19(2)16-22)24-17-23(27-18-20-12-14-26-15-13-20)28-25(29-24)21-9-5-4-6-10-21/h4-17H,3,18H2,1-2H3,(H,27,28,29). The minimum absolute atomic E-state index is 0.670. The summed E-state index contributed by atoms with van der Waals surface area (Å²) in [5.41, 5.74) is 4.48. The number of anilines is 3. The van der Waals surface area contributed by atoms with E-state index < -0.39 is 0 Å². The lowest BCUT2D eigenvalue weighted by Gasteiger charge is -2.23. The van der Waals surface area contributed by atoms with E-state index in [4.69, 9.17) is 9.97 Å². The van der Waals surface area contributed by atoms with Crippen LogP contribution in [-0.4, -0.2) is 21.5 Å². The number of hydrogen-bond donors (Lipinski definition) is 1. The van der Waals surface area contributed by atoms with Gasteiger partial charge in [0.1, 0.15) is 11.6 Å². The monoisotopic (exact) mass is 395 g/mol. The van der Waals surface area contributed by atoms with Gasteiger partial charge in [-0.2, -0.15) is 0 Å². The SMILES string of the molecule is CCN(c1cccc(C)c1)c1cc(NCc2ccncc2)nc(-c2ccccc2)n1. The number of benzene rings is 2. The van der Waals surface area contributed by atoms with Gasteiger partial charge >= 0.3 is 0 Å². The van der Waals surface area contributed by atoms with E-state index in [2.05, 4.69) is 53.3 Å². The number of rotatable bonds is 7. The topological polar surface area (TPSA) is 53.9 Å². The third kappa shape index (κ3) is 4.63. The van der Waals surface area contributed by atoms with Crippen molar-refractivity contribution in [2.75, 3.05) is 16.8 Å². The highest BCUT2D eigenvalue weighted by atomic mass is 15.2. The van der Waals surface area contributed by atoms with E-state index in [1.807, 2.05) is 48.5 Å². The molecule has 0 aliphatic carbocycles. The Hall–Kier alpha value is -3.73. The van der Waals surface area contributed by atoms with Gasteiger partial charge in [0.25, 0.3) is 0 Å². The van der Waals surface area contributed by atoms with Gasteiger partial charge in [-0.25, -0.2) is 9.97 Å². The van der Waals surface area contributed by atoms with Crippen molar-refractivity contribution >= 4 is 17.3 Å². The summed E-state index contributed by atoms with van der Waals surface area (Å²) in [5.74, 6) is 2.37. The second-order valence-corrected chi connectivity index (χ2v) is 7.09. The normalized spacial score (nSPS) is 10.6. The molecule has 0 saturated heterocycles. The van der Waals surface area contributed by atoms with E-state index in [0.29, 0.717) is 12.4 Å². The number of pyridine rings is 1. The largest absolute Gasteiger partial charge is 0.366 e. The minimum Gasteiger partial charge on any atom is -0.366 e. The highest BCUT2D eigenvalue weighted by Gasteiger charge is 2.14. The Balaban J connectivity index is 1.73. The van der Waals surface area contributed by atoms with Crippen LogP contribution in [-0.2, 0) is 6.54 Å². The molecule has 0 aliphatic heterocycles. The summed E-state index contributed by atoms with van der Waals surface area (Å²) in [6.07, 6.45) is 3.60. The van der Waals surface area contributed by atoms with Crippen molar-refractivity contribution in [3.05, 3.63) is 96.3 Å². The van der Waals surface area contributed by atoms with Gasteiger partial charge in [0.2, 0.25) is 0 Å². The first-order chi connectivity index (χ1) is 14.7. The van der Waals surface area contributed by atoms with Gasteiger partial charge < -0.3 is 10.2 Å². The molecule has 0 unspecified atom stereocenters. The average molecular weight is 396 g/mol. The van der Waals surface area contributed by atoms with E-state index >= 15 is 0 Å². The zero-order chi connectivity index (χ0) is 20.8. The first-order valence-corrected chi connectivity index (χ1v) is 10.1. The Labute approximate surface area is 177 Å². The number of nitrogens with zero attached hydrogens (tertiary/aromatic N) is 4. The van der Waals surface area contributed by atoms with Crippen LogP contribution in [0, 0.1) is 6.92 Å². The molecular formula is C25H25N5. The molecule has 0 amide bonds. The van der Waals surface area contributed by atoms with E-state index in [-0.39, 0.29) is 0 Å². The first-order valence-electron chi connectivity index (χ1n) is 10.1. The Morgan fingerprint density at radius 3 is 2.40 bits per heavy atom. The smallest absolute Gasteiger partial charge is 0.163 e. The number of hydrogen-bond acceptors (Lipinski definition) is 5. The molecular weight excluding hydrogens is 370 g/mol. The van der Waals surface area contributed by atoms with Crippen LogP contribution >= 0.6 is 0 Å². The second kappa shape index (κ2) is 9.18. The Bertz CT molecular complexity index is 1100. The van der Waals surface area contributed by atoms with Gasteiger partial charge in [0.15, 0.2) is 5.82 Å². The van der Waals surface area contributed by atoms with Crippen molar-refractivity contribution in [3.63, 3.8) is 0 Å². The molecule has 4 aromatic rings. The van der Waals surface area contributed by atoms with Crippen molar-refractivity contribution in [2.24, 2.45) is 0 Å². The van der Waals surface area contributed by atoms with Crippen LogP contribution in [0.15, 0.2) is 85.2 Å². The summed E-state index contributed by atoms with van der Waals surface area (Å²) in [7, 11) is 0. The molecule has 2 aromatic carbocycles. The van der Waals surface area contributed by atoms with Crippen LogP contribution in [0.1, 0.15) is 18.1 Å². The van der Waals surface area contributed by atoms with Crippen molar-refractivity contribution < 1.29 is 0 Å². The van der Waals surface area contributed by atoms with Gasteiger partial charge in [-0.3, -0.25) is 4.98 Å². The van der Waals surface area contributed by atoms with Crippen molar-refractivity contribution in [1.29, 1.82) is 0 Å². The fourth-order valence-corrected chi connectivity index (χ4v) is 3.35. The van der Waals surface area contributed by atoms with E-state index in [9.17, 15) is 0 Å². The van der Waals surface area contributed by atoms with Gasteiger partial charge in [-0.15, -0.1) is 0 Å². The quantitative estimate of drug-likeness (QED) is 0.440. The van der Waals surface area contributed by atoms with Gasteiger partial charge in [-0.05, 0) is 49.2 Å². The third-order valence-electron chi connectivity index (χ3n) is 4.87. The number of aryl methyl sites for hydroxylation is 1. The summed E-state index contributed by atoms with van der Waals surface area (Å²) < 4.78 is 0. The van der Waals surface area contributed by atoms with Gasteiger partial charge in [0.05, 0.1) is 0 Å². The maximum Gasteiger partial charge on any atom is 0.163 e. The molecule has 30 heavy (non-hydrogen) atoms. The fourth-order valence-electron chi connectivity index (χ4n) is 3.35. The first kappa shape index (κ1) is 19.6. The maximum absolute atomic E-state index is 4.90. The molecule has 0 spiro atoms. The second-order valence-electron chi connectivity index (χ2n) is 7.09. The van der Waals surface area contributed by atoms with Crippen molar-refractivity contribution in [2.45, 2.75) is 20.4 Å². The van der Waals surface area contributed by atoms with Crippen LogP contribution in [0.2, 0.25) is 0 Å². The van der Waals surface area contributed by atoms with Crippen LogP contribution in [0.4, 0.5) is 17.3 Å². The zero-order valence-corrected chi connectivity index (χ0v) is 17.3. The molecule has 0 saturated carbocycles. The molecule has 1 N–H and O–H groups in total. The van der Waals surface area contributed by atoms with Gasteiger partial charge in [-0.1, -0.05) is 42.5 Å². The molecule has 0 aliphatic rings. The molecule has 150 valence electrons. The van der Waals surface area contributed by atoms with E-state index in [0.717, 1.165) is 35.0 Å². The molecule has 4 rings (SSSR count). The average Bonchev–Trinajstić information content (AvgIpc) is 2.79. The predicted molar refractivity (Wildman–Crippen MR) is 123 cm³/mol. The minimum atomic E-state index is 0.670. The third-order valence-corrected chi connectivity index (χ3v) is 4.87. The van der Waals surface area contributed by atoms with Gasteiger partial charge in [0, 0.05) is 42.8 Å². The summed E-state index contributed by atoms with van der Waals surface area (Å²) in [5, 5.41) is 3.45. The number of aromatic nitrogens is 3. The highest BCUT2D eigenvalue weighted by Crippen LogP contribution is 2.28. The fraction of sp³-hybridized carbons (Fsp3) is 0.160. The molecule has 0 radical (unpaired) electrons. The summed E-state index contributed by atoms with van der Waals surface area (Å²) in [4.78, 5) is 16.0. The molecule has 2 heterocycles. The van der Waals surface area contributed by atoms with E-state index in [1.165, 1.54) is 5.56 Å². The molecule has 0 bridgehead atoms. The molecule has 5 nitrogen and oxygen atoms in total.